The number of aliphatic carboxylic acids is 1. The molecule has 13 nitrogen and oxygen atoms in total. The molecule has 0 radical (unpaired) electrons. The summed E-state index contributed by atoms with van der Waals surface area (Å²) in [6.07, 6.45) is -1.23. The van der Waals surface area contributed by atoms with Gasteiger partial charge in [-0.05, 0) is 18.2 Å². The fraction of sp³-hybridized carbons (Fsp3) is 0.286. The molecule has 1 aromatic carbocycles. The van der Waals surface area contributed by atoms with Crippen LogP contribution < -0.4 is 26.8 Å². The highest BCUT2D eigenvalue weighted by Gasteiger charge is 2.23. The average molecular weight is 541 g/mol. The predicted molar refractivity (Wildman–Crippen MR) is 131 cm³/mol. The molecular formula is C21H22Cl2N6O7. The number of aromatic hydroxyl groups is 1. The van der Waals surface area contributed by atoms with E-state index >= 15 is 0 Å². The number of anilines is 1. The average Bonchev–Trinajstić information content (AvgIpc) is 2.80. The smallest absolute Gasteiger partial charge is 0.305 e. The molecule has 0 aliphatic carbocycles. The number of phenols is 1. The molecule has 0 spiro atoms. The SMILES string of the molecule is O=C(O)CC(NC(=O)CNC(=O)c1cc(NC2=NCC(O)CN2)[nH]c(=O)c1)c1cc(Cl)cc(Cl)c1O. The van der Waals surface area contributed by atoms with Gasteiger partial charge in [0.2, 0.25) is 11.5 Å². The zero-order chi connectivity index (χ0) is 26.4. The van der Waals surface area contributed by atoms with E-state index in [1.54, 1.807) is 0 Å². The fourth-order valence-corrected chi connectivity index (χ4v) is 3.77. The summed E-state index contributed by atoms with van der Waals surface area (Å²) >= 11 is 11.8. The number of halogens is 2. The van der Waals surface area contributed by atoms with E-state index in [-0.39, 0.29) is 40.1 Å². The summed E-state index contributed by atoms with van der Waals surface area (Å²) in [5.41, 5.74) is -0.667. The molecule has 36 heavy (non-hydrogen) atoms. The maximum Gasteiger partial charge on any atom is 0.305 e. The van der Waals surface area contributed by atoms with Gasteiger partial charge in [-0.1, -0.05) is 23.2 Å². The Morgan fingerprint density at radius 3 is 2.61 bits per heavy atom. The highest BCUT2D eigenvalue weighted by molar-refractivity contribution is 6.35. The summed E-state index contributed by atoms with van der Waals surface area (Å²) in [4.78, 5) is 54.8. The Balaban J connectivity index is 1.66. The number of carbonyl (C=O) groups is 3. The summed E-state index contributed by atoms with van der Waals surface area (Å²) in [6.45, 7) is -0.143. The van der Waals surface area contributed by atoms with Gasteiger partial charge < -0.3 is 41.6 Å². The standard InChI is InChI=1S/C21H22Cl2N6O7/c22-10-3-12(19(35)13(23)4-10)14(5-18(33)34)27-17(32)8-24-20(36)9-1-15(28-16(31)2-9)29-21-25-6-11(30)7-26-21/h1-4,11,14,30,35H,5-8H2,(H,24,36)(H,27,32)(H,33,34)(H3,25,26,28,29,31). The minimum atomic E-state index is -1.27. The number of guanidine groups is 1. The molecule has 1 aliphatic rings. The number of carboxylic acids is 1. The second-order valence-electron chi connectivity index (χ2n) is 7.72. The van der Waals surface area contributed by atoms with Crippen LogP contribution in [-0.4, -0.2) is 69.8 Å². The van der Waals surface area contributed by atoms with Gasteiger partial charge in [-0.15, -0.1) is 0 Å². The number of aliphatic hydroxyl groups is 1. The number of rotatable bonds is 8. The first-order chi connectivity index (χ1) is 17.0. The van der Waals surface area contributed by atoms with E-state index in [1.807, 2.05) is 0 Å². The molecule has 2 unspecified atom stereocenters. The van der Waals surface area contributed by atoms with Crippen LogP contribution in [0, 0.1) is 0 Å². The van der Waals surface area contributed by atoms with Crippen LogP contribution in [0.1, 0.15) is 28.4 Å². The number of nitrogens with zero attached hydrogens (tertiary/aromatic N) is 1. The summed E-state index contributed by atoms with van der Waals surface area (Å²) < 4.78 is 0. The Kier molecular flexibility index (Phi) is 8.74. The number of carbonyl (C=O) groups excluding carboxylic acids is 2. The van der Waals surface area contributed by atoms with E-state index in [4.69, 9.17) is 23.2 Å². The minimum absolute atomic E-state index is 0.00774. The third-order valence-corrected chi connectivity index (χ3v) is 5.39. The number of pyridine rings is 1. The normalized spacial score (nSPS) is 15.8. The zero-order valence-corrected chi connectivity index (χ0v) is 20.0. The molecule has 1 aromatic heterocycles. The van der Waals surface area contributed by atoms with Crippen molar-refractivity contribution < 1.29 is 29.7 Å². The number of hydrogen-bond acceptors (Lipinski definition) is 9. The first-order valence-electron chi connectivity index (χ1n) is 10.5. The lowest BCUT2D eigenvalue weighted by molar-refractivity contribution is -0.137. The number of hydrogen-bond donors (Lipinski definition) is 8. The monoisotopic (exact) mass is 540 g/mol. The Labute approximate surface area is 213 Å². The summed E-state index contributed by atoms with van der Waals surface area (Å²) in [5, 5.41) is 39.2. The van der Waals surface area contributed by atoms with Gasteiger partial charge in [0.25, 0.3) is 5.91 Å². The molecule has 1 aliphatic heterocycles. The Morgan fingerprint density at radius 2 is 1.94 bits per heavy atom. The van der Waals surface area contributed by atoms with Crippen LogP contribution in [-0.2, 0) is 9.59 Å². The molecular weight excluding hydrogens is 519 g/mol. The van der Waals surface area contributed by atoms with Crippen molar-refractivity contribution in [3.05, 3.63) is 55.8 Å². The Hall–Kier alpha value is -3.81. The largest absolute Gasteiger partial charge is 0.506 e. The van der Waals surface area contributed by atoms with Crippen LogP contribution in [0.3, 0.4) is 0 Å². The van der Waals surface area contributed by atoms with Gasteiger partial charge in [0.1, 0.15) is 11.6 Å². The first kappa shape index (κ1) is 26.8. The molecule has 0 saturated carbocycles. The van der Waals surface area contributed by atoms with Crippen molar-refractivity contribution in [2.45, 2.75) is 18.6 Å². The number of aliphatic hydroxyl groups excluding tert-OH is 1. The molecule has 2 atom stereocenters. The van der Waals surface area contributed by atoms with Gasteiger partial charge in [0, 0.05) is 28.8 Å². The van der Waals surface area contributed by atoms with Crippen molar-refractivity contribution in [3.8, 4) is 5.75 Å². The fourth-order valence-electron chi connectivity index (χ4n) is 3.26. The van der Waals surface area contributed by atoms with E-state index in [9.17, 15) is 34.5 Å². The van der Waals surface area contributed by atoms with Crippen molar-refractivity contribution in [1.29, 1.82) is 0 Å². The Morgan fingerprint density at radius 1 is 1.19 bits per heavy atom. The molecule has 0 bridgehead atoms. The van der Waals surface area contributed by atoms with Gasteiger partial charge in [-0.3, -0.25) is 24.2 Å². The number of aromatic nitrogens is 1. The quantitative estimate of drug-likeness (QED) is 0.229. The molecule has 2 aromatic rings. The van der Waals surface area contributed by atoms with Crippen molar-refractivity contribution in [2.24, 2.45) is 4.99 Å². The number of phenolic OH excluding ortho intramolecular Hbond substituents is 1. The lowest BCUT2D eigenvalue weighted by Crippen LogP contribution is -2.43. The number of aromatic amines is 1. The zero-order valence-electron chi connectivity index (χ0n) is 18.5. The molecule has 2 amide bonds. The molecule has 0 saturated heterocycles. The summed E-state index contributed by atoms with van der Waals surface area (Å²) in [6, 6.07) is 3.68. The van der Waals surface area contributed by atoms with E-state index < -0.39 is 54.2 Å². The van der Waals surface area contributed by atoms with Crippen molar-refractivity contribution in [2.75, 3.05) is 25.0 Å². The molecule has 0 fully saturated rings. The van der Waals surface area contributed by atoms with Gasteiger partial charge in [-0.25, -0.2) is 0 Å². The van der Waals surface area contributed by atoms with Gasteiger partial charge in [0.05, 0.1) is 36.7 Å². The molecule has 2 heterocycles. The van der Waals surface area contributed by atoms with Crippen molar-refractivity contribution in [1.82, 2.24) is 20.9 Å². The number of aliphatic imine (C=N–C) groups is 1. The molecule has 192 valence electrons. The topological polar surface area (TPSA) is 205 Å². The minimum Gasteiger partial charge on any atom is -0.506 e. The third kappa shape index (κ3) is 7.34. The van der Waals surface area contributed by atoms with Gasteiger partial charge >= 0.3 is 5.97 Å². The maximum atomic E-state index is 12.5. The summed E-state index contributed by atoms with van der Waals surface area (Å²) in [5.74, 6) is -2.79. The summed E-state index contributed by atoms with van der Waals surface area (Å²) in [7, 11) is 0. The van der Waals surface area contributed by atoms with E-state index in [1.165, 1.54) is 18.2 Å². The maximum absolute atomic E-state index is 12.5. The number of H-pyrrole nitrogens is 1. The van der Waals surface area contributed by atoms with Gasteiger partial charge in [0.15, 0.2) is 5.96 Å². The molecule has 15 heteroatoms. The van der Waals surface area contributed by atoms with Crippen LogP contribution in [0.4, 0.5) is 5.82 Å². The number of benzene rings is 1. The predicted octanol–water partition coefficient (Wildman–Crippen LogP) is 0.181. The van der Waals surface area contributed by atoms with E-state index in [0.717, 1.165) is 6.07 Å². The van der Waals surface area contributed by atoms with Crippen LogP contribution >= 0.6 is 23.2 Å². The molecule has 3 rings (SSSR count). The number of amides is 2. The number of β-amino-alcohol motifs (C(OH)–C–C–N with tert-alkyl or cyclic N) is 1. The highest BCUT2D eigenvalue weighted by Crippen LogP contribution is 2.36. The van der Waals surface area contributed by atoms with Gasteiger partial charge in [-0.2, -0.15) is 0 Å². The highest BCUT2D eigenvalue weighted by atomic mass is 35.5. The van der Waals surface area contributed by atoms with Crippen LogP contribution in [0.2, 0.25) is 10.0 Å². The number of carboxylic acid groups (broad SMARTS) is 1. The lowest BCUT2D eigenvalue weighted by atomic mass is 10.0. The Bertz CT molecular complexity index is 1270. The van der Waals surface area contributed by atoms with Crippen LogP contribution in [0.25, 0.3) is 0 Å². The van der Waals surface area contributed by atoms with Crippen LogP contribution in [0.15, 0.2) is 34.1 Å². The second kappa shape index (κ2) is 11.7. The van der Waals surface area contributed by atoms with E-state index in [0.29, 0.717) is 5.96 Å². The lowest BCUT2D eigenvalue weighted by Gasteiger charge is -2.20. The first-order valence-corrected chi connectivity index (χ1v) is 11.2. The van der Waals surface area contributed by atoms with Crippen LogP contribution in [0.5, 0.6) is 5.75 Å². The third-order valence-electron chi connectivity index (χ3n) is 4.88. The number of nitrogens with one attached hydrogen (secondary N) is 5. The van der Waals surface area contributed by atoms with E-state index in [2.05, 4.69) is 31.2 Å². The van der Waals surface area contributed by atoms with Crippen molar-refractivity contribution in [3.63, 3.8) is 0 Å². The van der Waals surface area contributed by atoms with Crippen molar-refractivity contribution >= 4 is 52.8 Å². The molecule has 8 N–H and O–H groups in total. The second-order valence-corrected chi connectivity index (χ2v) is 8.57.